The number of nitriles is 1. The molecule has 1 aliphatic rings. The van der Waals surface area contributed by atoms with Crippen molar-refractivity contribution in [1.82, 2.24) is 10.2 Å². The SMILES string of the molecule is N#CC1CNCCN1CC(=O)Nc1ccc(F)cc1. The average Bonchev–Trinajstić information content (AvgIpc) is 2.42. The summed E-state index contributed by atoms with van der Waals surface area (Å²) in [7, 11) is 0. The minimum atomic E-state index is -0.343. The normalized spacial score (nSPS) is 19.7. The Bertz CT molecular complexity index is 482. The van der Waals surface area contributed by atoms with E-state index in [4.69, 9.17) is 5.26 Å². The second-order valence-corrected chi connectivity index (χ2v) is 4.37. The maximum atomic E-state index is 12.7. The van der Waals surface area contributed by atoms with Crippen LogP contribution in [0.3, 0.4) is 0 Å². The summed E-state index contributed by atoms with van der Waals surface area (Å²) in [4.78, 5) is 13.7. The van der Waals surface area contributed by atoms with Gasteiger partial charge in [0.2, 0.25) is 5.91 Å². The van der Waals surface area contributed by atoms with Crippen molar-refractivity contribution in [2.75, 3.05) is 31.5 Å². The van der Waals surface area contributed by atoms with Gasteiger partial charge in [-0.3, -0.25) is 9.69 Å². The third-order valence-corrected chi connectivity index (χ3v) is 2.98. The zero-order chi connectivity index (χ0) is 13.7. The van der Waals surface area contributed by atoms with E-state index < -0.39 is 0 Å². The van der Waals surface area contributed by atoms with Gasteiger partial charge in [0.15, 0.2) is 0 Å². The highest BCUT2D eigenvalue weighted by atomic mass is 19.1. The molecule has 0 aromatic heterocycles. The molecule has 1 heterocycles. The third-order valence-electron chi connectivity index (χ3n) is 2.98. The summed E-state index contributed by atoms with van der Waals surface area (Å²) in [5.74, 6) is -0.543. The summed E-state index contributed by atoms with van der Waals surface area (Å²) in [5.41, 5.74) is 0.551. The molecule has 1 aromatic carbocycles. The molecule has 1 unspecified atom stereocenters. The Labute approximate surface area is 111 Å². The number of benzene rings is 1. The van der Waals surface area contributed by atoms with Gasteiger partial charge >= 0.3 is 0 Å². The van der Waals surface area contributed by atoms with Gasteiger partial charge in [-0.15, -0.1) is 0 Å². The Morgan fingerprint density at radius 3 is 2.95 bits per heavy atom. The summed E-state index contributed by atoms with van der Waals surface area (Å²) in [6.45, 7) is 2.16. The molecular weight excluding hydrogens is 247 g/mol. The third kappa shape index (κ3) is 3.74. The highest BCUT2D eigenvalue weighted by molar-refractivity contribution is 5.92. The van der Waals surface area contributed by atoms with E-state index in [2.05, 4.69) is 16.7 Å². The predicted molar refractivity (Wildman–Crippen MR) is 68.9 cm³/mol. The van der Waals surface area contributed by atoms with Crippen LogP contribution in [0.1, 0.15) is 0 Å². The second kappa shape index (κ2) is 6.27. The van der Waals surface area contributed by atoms with Crippen molar-refractivity contribution in [3.63, 3.8) is 0 Å². The highest BCUT2D eigenvalue weighted by Crippen LogP contribution is 2.09. The molecule has 1 aromatic rings. The zero-order valence-electron chi connectivity index (χ0n) is 10.4. The second-order valence-electron chi connectivity index (χ2n) is 4.37. The fourth-order valence-electron chi connectivity index (χ4n) is 1.98. The summed E-state index contributed by atoms with van der Waals surface area (Å²) < 4.78 is 12.7. The number of piperazine rings is 1. The number of carbonyl (C=O) groups excluding carboxylic acids is 1. The summed E-state index contributed by atoms with van der Waals surface area (Å²) in [6, 6.07) is 7.47. The van der Waals surface area contributed by atoms with Gasteiger partial charge in [-0.05, 0) is 24.3 Å². The van der Waals surface area contributed by atoms with Crippen LogP contribution >= 0.6 is 0 Å². The number of hydrogen-bond donors (Lipinski definition) is 2. The Kier molecular flexibility index (Phi) is 4.44. The molecule has 2 rings (SSSR count). The first kappa shape index (κ1) is 13.5. The van der Waals surface area contributed by atoms with Gasteiger partial charge in [-0.2, -0.15) is 5.26 Å². The number of anilines is 1. The first-order chi connectivity index (χ1) is 9.19. The van der Waals surface area contributed by atoms with Crippen molar-refractivity contribution in [1.29, 1.82) is 5.26 Å². The minimum absolute atomic E-state index is 0.164. The number of hydrogen-bond acceptors (Lipinski definition) is 4. The van der Waals surface area contributed by atoms with Crippen LogP contribution < -0.4 is 10.6 Å². The lowest BCUT2D eigenvalue weighted by molar-refractivity contribution is -0.117. The lowest BCUT2D eigenvalue weighted by Crippen LogP contribution is -2.52. The molecule has 1 fully saturated rings. The van der Waals surface area contributed by atoms with Crippen LogP contribution in [0, 0.1) is 17.1 Å². The van der Waals surface area contributed by atoms with Crippen LogP contribution in [0.15, 0.2) is 24.3 Å². The number of amides is 1. The number of nitrogens with zero attached hydrogens (tertiary/aromatic N) is 2. The van der Waals surface area contributed by atoms with E-state index >= 15 is 0 Å². The molecule has 19 heavy (non-hydrogen) atoms. The minimum Gasteiger partial charge on any atom is -0.325 e. The Morgan fingerprint density at radius 1 is 1.53 bits per heavy atom. The Morgan fingerprint density at radius 2 is 2.26 bits per heavy atom. The number of halogens is 1. The van der Waals surface area contributed by atoms with Crippen LogP contribution in [0.25, 0.3) is 0 Å². The molecule has 100 valence electrons. The Balaban J connectivity index is 1.90. The first-order valence-electron chi connectivity index (χ1n) is 6.09. The molecule has 2 N–H and O–H groups in total. The summed E-state index contributed by atoms with van der Waals surface area (Å²) in [6.07, 6.45) is 0. The van der Waals surface area contributed by atoms with Gasteiger partial charge in [-0.1, -0.05) is 0 Å². The Hall–Kier alpha value is -1.97. The number of rotatable bonds is 3. The smallest absolute Gasteiger partial charge is 0.238 e. The molecule has 1 atom stereocenters. The monoisotopic (exact) mass is 262 g/mol. The van der Waals surface area contributed by atoms with Crippen LogP contribution in [0.5, 0.6) is 0 Å². The quantitative estimate of drug-likeness (QED) is 0.835. The zero-order valence-corrected chi connectivity index (χ0v) is 10.4. The van der Waals surface area contributed by atoms with E-state index in [1.165, 1.54) is 24.3 Å². The van der Waals surface area contributed by atoms with Crippen LogP contribution in [0.4, 0.5) is 10.1 Å². The lowest BCUT2D eigenvalue weighted by atomic mass is 10.2. The van der Waals surface area contributed by atoms with Gasteiger partial charge in [-0.25, -0.2) is 4.39 Å². The van der Waals surface area contributed by atoms with Gasteiger partial charge in [0.25, 0.3) is 0 Å². The van der Waals surface area contributed by atoms with Gasteiger partial charge in [0, 0.05) is 25.3 Å². The fraction of sp³-hybridized carbons (Fsp3) is 0.385. The van der Waals surface area contributed by atoms with Crippen molar-refractivity contribution >= 4 is 11.6 Å². The van der Waals surface area contributed by atoms with Crippen LogP contribution in [-0.2, 0) is 4.79 Å². The van der Waals surface area contributed by atoms with E-state index in [1.807, 2.05) is 4.90 Å². The first-order valence-corrected chi connectivity index (χ1v) is 6.09. The van der Waals surface area contributed by atoms with E-state index in [9.17, 15) is 9.18 Å². The summed E-state index contributed by atoms with van der Waals surface area (Å²) in [5, 5.41) is 14.8. The van der Waals surface area contributed by atoms with Crippen molar-refractivity contribution in [2.24, 2.45) is 0 Å². The molecule has 6 heteroatoms. The molecule has 1 amide bonds. The fourth-order valence-corrected chi connectivity index (χ4v) is 1.98. The molecule has 5 nitrogen and oxygen atoms in total. The van der Waals surface area contributed by atoms with E-state index in [1.54, 1.807) is 0 Å². The van der Waals surface area contributed by atoms with E-state index in [0.29, 0.717) is 18.8 Å². The van der Waals surface area contributed by atoms with Crippen molar-refractivity contribution in [3.8, 4) is 6.07 Å². The van der Waals surface area contributed by atoms with Crippen LogP contribution in [0.2, 0.25) is 0 Å². The molecule has 0 aliphatic carbocycles. The van der Waals surface area contributed by atoms with E-state index in [0.717, 1.165) is 6.54 Å². The van der Waals surface area contributed by atoms with E-state index in [-0.39, 0.29) is 24.3 Å². The molecule has 1 saturated heterocycles. The molecular formula is C13H15FN4O. The van der Waals surface area contributed by atoms with Crippen LogP contribution in [-0.4, -0.2) is 43.0 Å². The lowest BCUT2D eigenvalue weighted by Gasteiger charge is -2.31. The van der Waals surface area contributed by atoms with Gasteiger partial charge in [0.1, 0.15) is 11.9 Å². The molecule has 1 aliphatic heterocycles. The number of carbonyl (C=O) groups is 1. The van der Waals surface area contributed by atoms with Crippen molar-refractivity contribution < 1.29 is 9.18 Å². The summed E-state index contributed by atoms with van der Waals surface area (Å²) >= 11 is 0. The highest BCUT2D eigenvalue weighted by Gasteiger charge is 2.23. The maximum absolute atomic E-state index is 12.7. The predicted octanol–water partition coefficient (Wildman–Crippen LogP) is 0.562. The topological polar surface area (TPSA) is 68.2 Å². The molecule has 0 spiro atoms. The van der Waals surface area contributed by atoms with Gasteiger partial charge in [0.05, 0.1) is 12.6 Å². The average molecular weight is 262 g/mol. The maximum Gasteiger partial charge on any atom is 0.238 e. The van der Waals surface area contributed by atoms with Gasteiger partial charge < -0.3 is 10.6 Å². The molecule has 0 radical (unpaired) electrons. The largest absolute Gasteiger partial charge is 0.325 e. The number of nitrogens with one attached hydrogen (secondary N) is 2. The standard InChI is InChI=1S/C13H15FN4O/c14-10-1-3-11(4-2-10)17-13(19)9-18-6-5-16-8-12(18)7-15/h1-4,12,16H,5-6,8-9H2,(H,17,19). The van der Waals surface area contributed by atoms with Crippen molar-refractivity contribution in [3.05, 3.63) is 30.1 Å². The molecule has 0 saturated carbocycles. The molecule has 0 bridgehead atoms. The van der Waals surface area contributed by atoms with Crippen molar-refractivity contribution in [2.45, 2.75) is 6.04 Å².